The van der Waals surface area contributed by atoms with Gasteiger partial charge >= 0.3 is 11.8 Å². The van der Waals surface area contributed by atoms with Crippen LogP contribution in [-0.4, -0.2) is 24.6 Å². The summed E-state index contributed by atoms with van der Waals surface area (Å²) in [7, 11) is 0. The monoisotopic (exact) mass is 172 g/mol. The quantitative estimate of drug-likeness (QED) is 0.579. The first-order valence-electron chi connectivity index (χ1n) is 3.29. The molecule has 0 bridgehead atoms. The minimum absolute atomic E-state index is 0.0380. The van der Waals surface area contributed by atoms with Gasteiger partial charge in [0.05, 0.1) is 6.42 Å². The van der Waals surface area contributed by atoms with Gasteiger partial charge in [-0.2, -0.15) is 17.6 Å². The predicted octanol–water partition coefficient (Wildman–Crippen LogP) is 2.07. The van der Waals surface area contributed by atoms with Gasteiger partial charge in [0, 0.05) is 6.61 Å². The summed E-state index contributed by atoms with van der Waals surface area (Å²) in [4.78, 5) is 0. The maximum absolute atomic E-state index is 12.3. The highest BCUT2D eigenvalue weighted by atomic mass is 19.3. The fraction of sp³-hybridized carbons (Fsp3) is 1.00. The summed E-state index contributed by atoms with van der Waals surface area (Å²) in [6.07, 6.45) is -2.46. The van der Waals surface area contributed by atoms with E-state index >= 15 is 0 Å². The molecule has 1 atom stereocenters. The van der Waals surface area contributed by atoms with Crippen LogP contribution < -0.4 is 0 Å². The highest BCUT2D eigenvalue weighted by Crippen LogP contribution is 2.52. The Morgan fingerprint density at radius 1 is 1.36 bits per heavy atom. The van der Waals surface area contributed by atoms with Crippen molar-refractivity contribution in [1.82, 2.24) is 0 Å². The van der Waals surface area contributed by atoms with Crippen molar-refractivity contribution in [3.8, 4) is 0 Å². The molecule has 0 aliphatic heterocycles. The molecule has 0 aromatic carbocycles. The molecule has 0 saturated heterocycles. The van der Waals surface area contributed by atoms with E-state index < -0.39 is 24.4 Å². The molecule has 1 aliphatic carbocycles. The van der Waals surface area contributed by atoms with Crippen LogP contribution in [0, 0.1) is 0 Å². The van der Waals surface area contributed by atoms with E-state index in [0.29, 0.717) is 0 Å². The summed E-state index contributed by atoms with van der Waals surface area (Å²) < 4.78 is 53.1. The van der Waals surface area contributed by atoms with Gasteiger partial charge < -0.3 is 4.74 Å². The standard InChI is InChI=1S/C6H8F4O/c1-2-11-4-3-5(7,8)6(4,9)10/h4H,2-3H2,1H3. The van der Waals surface area contributed by atoms with Gasteiger partial charge in [-0.05, 0) is 6.92 Å². The second-order valence-electron chi connectivity index (χ2n) is 2.48. The molecule has 0 aromatic heterocycles. The number of hydrogen-bond acceptors (Lipinski definition) is 1. The van der Waals surface area contributed by atoms with E-state index in [4.69, 9.17) is 0 Å². The fourth-order valence-corrected chi connectivity index (χ4v) is 0.966. The molecule has 66 valence electrons. The smallest absolute Gasteiger partial charge is 0.335 e. The minimum Gasteiger partial charge on any atom is -0.372 e. The zero-order valence-electron chi connectivity index (χ0n) is 5.91. The van der Waals surface area contributed by atoms with Gasteiger partial charge in [-0.25, -0.2) is 0 Å². The summed E-state index contributed by atoms with van der Waals surface area (Å²) >= 11 is 0. The van der Waals surface area contributed by atoms with E-state index in [9.17, 15) is 17.6 Å². The van der Waals surface area contributed by atoms with Crippen molar-refractivity contribution < 1.29 is 22.3 Å². The number of ether oxygens (including phenoxy) is 1. The van der Waals surface area contributed by atoms with Crippen molar-refractivity contribution in [2.75, 3.05) is 6.61 Å². The molecule has 5 heteroatoms. The lowest BCUT2D eigenvalue weighted by molar-refractivity contribution is -0.340. The van der Waals surface area contributed by atoms with E-state index in [1.165, 1.54) is 6.92 Å². The van der Waals surface area contributed by atoms with Crippen LogP contribution in [-0.2, 0) is 4.74 Å². The van der Waals surface area contributed by atoms with Gasteiger partial charge in [-0.3, -0.25) is 0 Å². The van der Waals surface area contributed by atoms with Gasteiger partial charge in [0.25, 0.3) is 0 Å². The average molecular weight is 172 g/mol. The first-order valence-corrected chi connectivity index (χ1v) is 3.29. The third-order valence-electron chi connectivity index (χ3n) is 1.70. The van der Waals surface area contributed by atoms with Crippen molar-refractivity contribution in [1.29, 1.82) is 0 Å². The maximum Gasteiger partial charge on any atom is 0.335 e. The third kappa shape index (κ3) is 1.11. The van der Waals surface area contributed by atoms with E-state index in [1.54, 1.807) is 0 Å². The number of halogens is 4. The second-order valence-corrected chi connectivity index (χ2v) is 2.48. The zero-order chi connectivity index (χ0) is 8.70. The third-order valence-corrected chi connectivity index (χ3v) is 1.70. The Morgan fingerprint density at radius 3 is 2.18 bits per heavy atom. The lowest BCUT2D eigenvalue weighted by Crippen LogP contribution is -2.63. The lowest BCUT2D eigenvalue weighted by Gasteiger charge is -2.42. The Morgan fingerprint density at radius 2 is 1.91 bits per heavy atom. The molecule has 1 nitrogen and oxygen atoms in total. The maximum atomic E-state index is 12.3. The summed E-state index contributed by atoms with van der Waals surface area (Å²) in [5, 5.41) is 0. The Hall–Kier alpha value is -0.320. The SMILES string of the molecule is CCOC1CC(F)(F)C1(F)F. The van der Waals surface area contributed by atoms with Gasteiger partial charge in [-0.1, -0.05) is 0 Å². The molecule has 0 aromatic rings. The van der Waals surface area contributed by atoms with Crippen LogP contribution in [0.2, 0.25) is 0 Å². The second kappa shape index (κ2) is 2.33. The molecule has 0 amide bonds. The van der Waals surface area contributed by atoms with Crippen LogP contribution in [0.25, 0.3) is 0 Å². The highest BCUT2D eigenvalue weighted by Gasteiger charge is 2.72. The van der Waals surface area contributed by atoms with Crippen molar-refractivity contribution in [2.24, 2.45) is 0 Å². The molecule has 1 rings (SSSR count). The van der Waals surface area contributed by atoms with Crippen LogP contribution in [0.4, 0.5) is 17.6 Å². The van der Waals surface area contributed by atoms with Crippen LogP contribution in [0.5, 0.6) is 0 Å². The van der Waals surface area contributed by atoms with Crippen molar-refractivity contribution in [2.45, 2.75) is 31.3 Å². The molecule has 0 spiro atoms. The summed E-state index contributed by atoms with van der Waals surface area (Å²) in [6.45, 7) is 1.53. The van der Waals surface area contributed by atoms with E-state index in [-0.39, 0.29) is 6.61 Å². The van der Waals surface area contributed by atoms with E-state index in [0.717, 1.165) is 0 Å². The molecule has 0 radical (unpaired) electrons. The molecule has 0 heterocycles. The van der Waals surface area contributed by atoms with Crippen LogP contribution >= 0.6 is 0 Å². The topological polar surface area (TPSA) is 9.23 Å². The Kier molecular flexibility index (Phi) is 1.86. The number of hydrogen-bond donors (Lipinski definition) is 0. The molecule has 1 aliphatic rings. The van der Waals surface area contributed by atoms with Gasteiger partial charge in [-0.15, -0.1) is 0 Å². The molecule has 1 unspecified atom stereocenters. The highest BCUT2D eigenvalue weighted by molar-refractivity contribution is 5.04. The normalized spacial score (nSPS) is 33.0. The van der Waals surface area contributed by atoms with Crippen molar-refractivity contribution in [3.63, 3.8) is 0 Å². The van der Waals surface area contributed by atoms with E-state index in [1.807, 2.05) is 0 Å². The van der Waals surface area contributed by atoms with Gasteiger partial charge in [0.15, 0.2) is 0 Å². The first-order chi connectivity index (χ1) is 4.92. The van der Waals surface area contributed by atoms with E-state index in [2.05, 4.69) is 4.74 Å². The Bertz CT molecular complexity index is 157. The average Bonchev–Trinajstić information content (AvgIpc) is 1.87. The van der Waals surface area contributed by atoms with Crippen molar-refractivity contribution >= 4 is 0 Å². The summed E-state index contributed by atoms with van der Waals surface area (Å²) in [5.74, 6) is -7.84. The molecule has 11 heavy (non-hydrogen) atoms. The van der Waals surface area contributed by atoms with Crippen LogP contribution in [0.15, 0.2) is 0 Å². The predicted molar refractivity (Wildman–Crippen MR) is 29.9 cm³/mol. The molecule has 0 N–H and O–H groups in total. The fourth-order valence-electron chi connectivity index (χ4n) is 0.966. The molecule has 1 saturated carbocycles. The van der Waals surface area contributed by atoms with Crippen LogP contribution in [0.3, 0.4) is 0 Å². The minimum atomic E-state index is -3.97. The lowest BCUT2D eigenvalue weighted by atomic mass is 9.85. The largest absolute Gasteiger partial charge is 0.372 e. The molecule has 1 fully saturated rings. The first kappa shape index (κ1) is 8.77. The zero-order valence-corrected chi connectivity index (χ0v) is 5.91. The van der Waals surface area contributed by atoms with Gasteiger partial charge in [0.2, 0.25) is 0 Å². The van der Waals surface area contributed by atoms with Gasteiger partial charge in [0.1, 0.15) is 6.10 Å². The number of rotatable bonds is 2. The Labute approximate surface area is 61.3 Å². The molecular weight excluding hydrogens is 164 g/mol. The van der Waals surface area contributed by atoms with Crippen LogP contribution in [0.1, 0.15) is 13.3 Å². The Balaban J connectivity index is 2.54. The number of alkyl halides is 4. The summed E-state index contributed by atoms with van der Waals surface area (Å²) in [6, 6.07) is 0. The van der Waals surface area contributed by atoms with Crippen molar-refractivity contribution in [3.05, 3.63) is 0 Å². The summed E-state index contributed by atoms with van der Waals surface area (Å²) in [5.41, 5.74) is 0. The molecular formula is C6H8F4O.